The van der Waals surface area contributed by atoms with E-state index in [1.54, 1.807) is 0 Å². The number of benzene rings is 1. The van der Waals surface area contributed by atoms with E-state index < -0.39 is 25.3 Å². The Hall–Kier alpha value is -0.945. The number of rotatable bonds is 2. The van der Waals surface area contributed by atoms with Crippen LogP contribution in [0, 0.1) is 5.82 Å². The molecule has 0 radical (unpaired) electrons. The molecule has 2 unspecified atom stereocenters. The van der Waals surface area contributed by atoms with Gasteiger partial charge in [0, 0.05) is 5.56 Å². The molecule has 1 heterocycles. The molecule has 2 atom stereocenters. The lowest BCUT2D eigenvalue weighted by atomic mass is 9.80. The van der Waals surface area contributed by atoms with Crippen LogP contribution in [0.15, 0.2) is 18.2 Å². The average molecular weight is 198 g/mol. The predicted octanol–water partition coefficient (Wildman–Crippen LogP) is -1.10. The zero-order chi connectivity index (χ0) is 10.3. The molecule has 3 N–H and O–H groups in total. The summed E-state index contributed by atoms with van der Waals surface area (Å²) in [5.41, 5.74) is 0.295. The number of aliphatic hydroxyl groups excluding tert-OH is 1. The van der Waals surface area contributed by atoms with Gasteiger partial charge in [-0.05, 0) is 11.5 Å². The van der Waals surface area contributed by atoms with Crippen LogP contribution in [-0.4, -0.2) is 28.6 Å². The number of ether oxygens (including phenoxy) is 1. The van der Waals surface area contributed by atoms with Gasteiger partial charge in [0.1, 0.15) is 11.9 Å². The maximum absolute atomic E-state index is 13.3. The van der Waals surface area contributed by atoms with Gasteiger partial charge in [0.05, 0.1) is 0 Å². The van der Waals surface area contributed by atoms with Crippen molar-refractivity contribution in [3.05, 3.63) is 29.6 Å². The Morgan fingerprint density at radius 1 is 1.36 bits per heavy atom. The topological polar surface area (TPSA) is 73.2 Å². The highest BCUT2D eigenvalue weighted by Gasteiger charge is 2.40. The summed E-state index contributed by atoms with van der Waals surface area (Å²) in [5.74, 6) is -0.614. The van der Waals surface area contributed by atoms with Gasteiger partial charge in [0.2, 0.25) is 0 Å². The Kier molecular flexibility index (Phi) is 2.28. The van der Waals surface area contributed by atoms with Gasteiger partial charge in [0.25, 0.3) is 0 Å². The lowest BCUT2D eigenvalue weighted by Gasteiger charge is -2.02. The molecule has 1 aliphatic heterocycles. The van der Waals surface area contributed by atoms with Gasteiger partial charge in [-0.1, -0.05) is 12.1 Å². The zero-order valence-corrected chi connectivity index (χ0v) is 7.09. The van der Waals surface area contributed by atoms with Crippen molar-refractivity contribution in [3.8, 4) is 0 Å². The molecule has 6 heteroatoms. The summed E-state index contributed by atoms with van der Waals surface area (Å²) in [7, 11) is -1.69. The largest absolute Gasteiger partial charge is 0.488 e. The Bertz CT molecular complexity index is 357. The first kappa shape index (κ1) is 9.60. The molecule has 0 bridgehead atoms. The summed E-state index contributed by atoms with van der Waals surface area (Å²) in [6, 6.07) is 3.75. The van der Waals surface area contributed by atoms with E-state index in [-0.39, 0.29) is 11.0 Å². The summed E-state index contributed by atoms with van der Waals surface area (Å²) >= 11 is 0. The third kappa shape index (κ3) is 1.65. The van der Waals surface area contributed by atoms with E-state index >= 15 is 0 Å². The normalized spacial score (nSPS) is 24.9. The fraction of sp³-hybridized carbons (Fsp3) is 0.250. The summed E-state index contributed by atoms with van der Waals surface area (Å²) in [5, 5.41) is 26.4. The van der Waals surface area contributed by atoms with Gasteiger partial charge in [-0.3, -0.25) is 0 Å². The van der Waals surface area contributed by atoms with Crippen molar-refractivity contribution in [2.75, 3.05) is 0 Å². The summed E-state index contributed by atoms with van der Waals surface area (Å²) in [4.78, 5) is 0. The lowest BCUT2D eigenvalue weighted by molar-refractivity contribution is 0.156. The lowest BCUT2D eigenvalue weighted by Crippen LogP contribution is -2.30. The van der Waals surface area contributed by atoms with Crippen LogP contribution in [0.4, 0.5) is 4.39 Å². The van der Waals surface area contributed by atoms with E-state index in [0.717, 1.165) is 6.07 Å². The van der Waals surface area contributed by atoms with Crippen molar-refractivity contribution in [2.45, 2.75) is 12.4 Å². The predicted molar refractivity (Wildman–Crippen MR) is 46.1 cm³/mol. The fourth-order valence-corrected chi connectivity index (χ4v) is 1.27. The van der Waals surface area contributed by atoms with Gasteiger partial charge in [0.15, 0.2) is 6.29 Å². The quantitative estimate of drug-likeness (QED) is 0.416. The number of hydrogen-bond acceptors (Lipinski definition) is 4. The smallest absolute Gasteiger partial charge is 0.423 e. The van der Waals surface area contributed by atoms with E-state index in [1.807, 2.05) is 0 Å². The van der Waals surface area contributed by atoms with Crippen LogP contribution in [0.1, 0.15) is 11.7 Å². The molecule has 1 aliphatic rings. The Morgan fingerprint density at radius 3 is 2.43 bits per heavy atom. The maximum Gasteiger partial charge on any atom is 0.488 e. The highest BCUT2D eigenvalue weighted by Crippen LogP contribution is 2.37. The van der Waals surface area contributed by atoms with Crippen LogP contribution < -0.4 is 5.46 Å². The first-order valence-electron chi connectivity index (χ1n) is 4.08. The van der Waals surface area contributed by atoms with Crippen molar-refractivity contribution >= 4 is 12.6 Å². The van der Waals surface area contributed by atoms with E-state index in [2.05, 4.69) is 4.74 Å². The molecular formula is C8H8BFO4. The van der Waals surface area contributed by atoms with E-state index in [4.69, 9.17) is 15.2 Å². The summed E-state index contributed by atoms with van der Waals surface area (Å²) < 4.78 is 17.9. The second kappa shape index (κ2) is 3.32. The zero-order valence-electron chi connectivity index (χ0n) is 7.09. The Labute approximate surface area is 79.7 Å². The maximum atomic E-state index is 13.3. The van der Waals surface area contributed by atoms with E-state index in [0.29, 0.717) is 0 Å². The molecular weight excluding hydrogens is 190 g/mol. The van der Waals surface area contributed by atoms with Gasteiger partial charge in [-0.2, -0.15) is 0 Å². The molecule has 4 nitrogen and oxygen atoms in total. The Morgan fingerprint density at radius 2 is 2.00 bits per heavy atom. The number of hydrogen-bond donors (Lipinski definition) is 3. The molecule has 0 aromatic heterocycles. The van der Waals surface area contributed by atoms with Crippen LogP contribution in [0.5, 0.6) is 0 Å². The SMILES string of the molecule is OB(O)c1ccc(C2OC2O)c(F)c1. The Balaban J connectivity index is 2.28. The average Bonchev–Trinajstić information content (AvgIpc) is 2.82. The van der Waals surface area contributed by atoms with E-state index in [1.165, 1.54) is 12.1 Å². The second-order valence-electron chi connectivity index (χ2n) is 3.10. The van der Waals surface area contributed by atoms with Crippen LogP contribution in [0.25, 0.3) is 0 Å². The monoisotopic (exact) mass is 198 g/mol. The number of halogens is 1. The minimum atomic E-state index is -1.69. The molecule has 1 aromatic rings. The molecule has 0 spiro atoms. The first-order valence-corrected chi connectivity index (χ1v) is 4.08. The molecule has 1 fully saturated rings. The van der Waals surface area contributed by atoms with Crippen molar-refractivity contribution in [2.24, 2.45) is 0 Å². The standard InChI is InChI=1S/C8H8BFO4/c10-6-3-4(9(12)13)1-2-5(6)7-8(11)14-7/h1-3,7-8,11-13H. The first-order chi connectivity index (χ1) is 6.59. The van der Waals surface area contributed by atoms with Crippen molar-refractivity contribution in [3.63, 3.8) is 0 Å². The number of aliphatic hydroxyl groups is 1. The molecule has 74 valence electrons. The van der Waals surface area contributed by atoms with Gasteiger partial charge < -0.3 is 19.9 Å². The van der Waals surface area contributed by atoms with Gasteiger partial charge in [-0.25, -0.2) is 4.39 Å². The fourth-order valence-electron chi connectivity index (χ4n) is 1.27. The van der Waals surface area contributed by atoms with Gasteiger partial charge in [-0.15, -0.1) is 0 Å². The minimum Gasteiger partial charge on any atom is -0.423 e. The molecule has 0 saturated carbocycles. The highest BCUT2D eigenvalue weighted by molar-refractivity contribution is 6.58. The third-order valence-corrected chi connectivity index (χ3v) is 2.10. The molecule has 1 saturated heterocycles. The molecule has 2 rings (SSSR count). The summed E-state index contributed by atoms with van der Waals surface area (Å²) in [6.07, 6.45) is -1.57. The van der Waals surface area contributed by atoms with Crippen molar-refractivity contribution < 1.29 is 24.3 Å². The molecule has 0 amide bonds. The van der Waals surface area contributed by atoms with Crippen LogP contribution >= 0.6 is 0 Å². The van der Waals surface area contributed by atoms with Crippen LogP contribution in [0.2, 0.25) is 0 Å². The minimum absolute atomic E-state index is 0.0707. The third-order valence-electron chi connectivity index (χ3n) is 2.10. The number of epoxide rings is 1. The molecule has 0 aliphatic carbocycles. The second-order valence-corrected chi connectivity index (χ2v) is 3.10. The molecule has 14 heavy (non-hydrogen) atoms. The summed E-state index contributed by atoms with van der Waals surface area (Å²) in [6.45, 7) is 0. The van der Waals surface area contributed by atoms with Crippen LogP contribution in [0.3, 0.4) is 0 Å². The van der Waals surface area contributed by atoms with Gasteiger partial charge >= 0.3 is 7.12 Å². The van der Waals surface area contributed by atoms with Crippen LogP contribution in [-0.2, 0) is 4.74 Å². The van der Waals surface area contributed by atoms with Crippen molar-refractivity contribution in [1.29, 1.82) is 0 Å². The van der Waals surface area contributed by atoms with E-state index in [9.17, 15) is 4.39 Å². The molecule has 1 aromatic carbocycles. The highest BCUT2D eigenvalue weighted by atomic mass is 19.1. The van der Waals surface area contributed by atoms with Crippen molar-refractivity contribution in [1.82, 2.24) is 0 Å².